The predicted octanol–water partition coefficient (Wildman–Crippen LogP) is 4.34. The van der Waals surface area contributed by atoms with Gasteiger partial charge in [0.05, 0.1) is 15.5 Å². The summed E-state index contributed by atoms with van der Waals surface area (Å²) in [4.78, 5) is 14.4. The first-order valence-corrected chi connectivity index (χ1v) is 12.1. The van der Waals surface area contributed by atoms with E-state index in [1.54, 1.807) is 0 Å². The van der Waals surface area contributed by atoms with E-state index in [4.69, 9.17) is 11.6 Å². The van der Waals surface area contributed by atoms with Crippen LogP contribution < -0.4 is 0 Å². The van der Waals surface area contributed by atoms with E-state index in [0.717, 1.165) is 28.4 Å². The number of sulfonamides is 1. The lowest BCUT2D eigenvalue weighted by Crippen LogP contribution is -2.45. The number of hydrogen-bond acceptors (Lipinski definition) is 3. The molecule has 0 N–H and O–H groups in total. The van der Waals surface area contributed by atoms with Gasteiger partial charge < -0.3 is 4.90 Å². The Hall–Kier alpha value is -2.10. The van der Waals surface area contributed by atoms with Crippen LogP contribution in [-0.4, -0.2) is 43.2 Å². The molecule has 0 radical (unpaired) electrons. The topological polar surface area (TPSA) is 57.7 Å². The highest BCUT2D eigenvalue weighted by atomic mass is 35.5. The largest absolute Gasteiger partial charge is 0.417 e. The highest BCUT2D eigenvalue weighted by molar-refractivity contribution is 7.89. The number of alkyl halides is 3. The molecule has 4 rings (SSSR count). The number of halogens is 4. The van der Waals surface area contributed by atoms with Crippen molar-refractivity contribution in [2.45, 2.75) is 36.9 Å². The number of nitrogens with zero attached hydrogens (tertiary/aromatic N) is 2. The first kappa shape index (κ1) is 23.1. The zero-order valence-electron chi connectivity index (χ0n) is 17.1. The SMILES string of the molecule is O=C(C1CCN(S(=O)(=O)c2ccc(Cl)c(C(F)(F)F)c2)CC1)N1CCc2ccccc2C1. The summed E-state index contributed by atoms with van der Waals surface area (Å²) in [6.45, 7) is 1.32. The van der Waals surface area contributed by atoms with Crippen LogP contribution >= 0.6 is 11.6 Å². The smallest absolute Gasteiger partial charge is 0.338 e. The second kappa shape index (κ2) is 8.68. The minimum absolute atomic E-state index is 0.00222. The van der Waals surface area contributed by atoms with Gasteiger partial charge >= 0.3 is 6.18 Å². The lowest BCUT2D eigenvalue weighted by Gasteiger charge is -2.35. The van der Waals surface area contributed by atoms with Gasteiger partial charge in [0.2, 0.25) is 15.9 Å². The third-order valence-electron chi connectivity index (χ3n) is 6.13. The van der Waals surface area contributed by atoms with Crippen LogP contribution in [-0.2, 0) is 34.0 Å². The minimum Gasteiger partial charge on any atom is -0.338 e. The molecule has 2 aliphatic rings. The van der Waals surface area contributed by atoms with Crippen molar-refractivity contribution in [3.8, 4) is 0 Å². The van der Waals surface area contributed by atoms with E-state index in [0.29, 0.717) is 32.0 Å². The van der Waals surface area contributed by atoms with Crippen molar-refractivity contribution in [3.05, 3.63) is 64.2 Å². The van der Waals surface area contributed by atoms with E-state index >= 15 is 0 Å². The highest BCUT2D eigenvalue weighted by Crippen LogP contribution is 2.37. The molecule has 2 aromatic rings. The summed E-state index contributed by atoms with van der Waals surface area (Å²) >= 11 is 5.61. The van der Waals surface area contributed by atoms with Gasteiger partial charge in [-0.3, -0.25) is 4.79 Å². The number of carbonyl (C=O) groups is 1. The maximum Gasteiger partial charge on any atom is 0.417 e. The second-order valence-electron chi connectivity index (χ2n) is 8.10. The number of piperidine rings is 1. The van der Waals surface area contributed by atoms with Gasteiger partial charge in [-0.1, -0.05) is 35.9 Å². The maximum absolute atomic E-state index is 13.1. The predicted molar refractivity (Wildman–Crippen MR) is 113 cm³/mol. The minimum atomic E-state index is -4.75. The van der Waals surface area contributed by atoms with Gasteiger partial charge in [0.25, 0.3) is 0 Å². The summed E-state index contributed by atoms with van der Waals surface area (Å²) in [7, 11) is -4.13. The van der Waals surface area contributed by atoms with Crippen molar-refractivity contribution < 1.29 is 26.4 Å². The standard InChI is InChI=1S/C22H22ClF3N2O3S/c23-20-6-5-18(13-19(20)22(24,25)26)32(30,31)28-11-8-16(9-12-28)21(29)27-10-7-15-3-1-2-4-17(15)14-27/h1-6,13,16H,7-12,14H2. The summed E-state index contributed by atoms with van der Waals surface area (Å²) < 4.78 is 66.4. The van der Waals surface area contributed by atoms with Crippen LogP contribution in [0.15, 0.2) is 47.4 Å². The first-order valence-electron chi connectivity index (χ1n) is 10.3. The average molecular weight is 487 g/mol. The van der Waals surface area contributed by atoms with Crippen LogP contribution in [0.2, 0.25) is 5.02 Å². The second-order valence-corrected chi connectivity index (χ2v) is 10.4. The molecule has 1 fully saturated rings. The van der Waals surface area contributed by atoms with Gasteiger partial charge in [-0.2, -0.15) is 17.5 Å². The monoisotopic (exact) mass is 486 g/mol. The number of amides is 1. The average Bonchev–Trinajstić information content (AvgIpc) is 2.77. The van der Waals surface area contributed by atoms with E-state index in [9.17, 15) is 26.4 Å². The molecule has 1 saturated heterocycles. The molecule has 5 nitrogen and oxygen atoms in total. The molecule has 2 aromatic carbocycles. The van der Waals surface area contributed by atoms with Gasteiger partial charge in [-0.25, -0.2) is 8.42 Å². The molecule has 1 amide bonds. The van der Waals surface area contributed by atoms with Gasteiger partial charge in [0.1, 0.15) is 0 Å². The van der Waals surface area contributed by atoms with Gasteiger partial charge in [0.15, 0.2) is 0 Å². The van der Waals surface area contributed by atoms with Crippen LogP contribution in [0, 0.1) is 5.92 Å². The number of benzene rings is 2. The number of rotatable bonds is 3. The Bertz CT molecular complexity index is 1130. The molecular formula is C22H22ClF3N2O3S. The molecule has 0 aromatic heterocycles. The van der Waals surface area contributed by atoms with E-state index < -0.39 is 31.7 Å². The fourth-order valence-corrected chi connectivity index (χ4v) is 6.04. The number of fused-ring (bicyclic) bond motifs is 1. The van der Waals surface area contributed by atoms with Crippen molar-refractivity contribution >= 4 is 27.5 Å². The van der Waals surface area contributed by atoms with E-state index in [2.05, 4.69) is 6.07 Å². The fourth-order valence-electron chi connectivity index (χ4n) is 4.32. The lowest BCUT2D eigenvalue weighted by molar-refractivity contribution is -0.138. The summed E-state index contributed by atoms with van der Waals surface area (Å²) in [6.07, 6.45) is -3.31. The normalized spacial score (nSPS) is 18.4. The Morgan fingerprint density at radius 3 is 2.31 bits per heavy atom. The van der Waals surface area contributed by atoms with Crippen molar-refractivity contribution in [3.63, 3.8) is 0 Å². The van der Waals surface area contributed by atoms with Gasteiger partial charge in [-0.15, -0.1) is 0 Å². The highest BCUT2D eigenvalue weighted by Gasteiger charge is 2.37. The Morgan fingerprint density at radius 2 is 1.66 bits per heavy atom. The van der Waals surface area contributed by atoms with Gasteiger partial charge in [0, 0.05) is 32.1 Å². The Labute approximate surface area is 189 Å². The molecule has 2 aliphatic heterocycles. The third-order valence-corrected chi connectivity index (χ3v) is 8.35. The van der Waals surface area contributed by atoms with Crippen molar-refractivity contribution in [1.29, 1.82) is 0 Å². The summed E-state index contributed by atoms with van der Waals surface area (Å²) in [5.74, 6) is -0.301. The summed E-state index contributed by atoms with van der Waals surface area (Å²) in [5, 5.41) is -0.552. The molecule has 0 atom stereocenters. The Kier molecular flexibility index (Phi) is 6.26. The van der Waals surface area contributed by atoms with Crippen molar-refractivity contribution in [1.82, 2.24) is 9.21 Å². The molecule has 0 unspecified atom stereocenters. The number of hydrogen-bond donors (Lipinski definition) is 0. The molecular weight excluding hydrogens is 465 g/mol. The molecule has 172 valence electrons. The zero-order chi connectivity index (χ0) is 23.1. The van der Waals surface area contributed by atoms with Crippen molar-refractivity contribution in [2.24, 2.45) is 5.92 Å². The first-order chi connectivity index (χ1) is 15.1. The van der Waals surface area contributed by atoms with Crippen molar-refractivity contribution in [2.75, 3.05) is 19.6 Å². The molecule has 10 heteroatoms. The Morgan fingerprint density at radius 1 is 1.00 bits per heavy atom. The Balaban J connectivity index is 1.43. The van der Waals surface area contributed by atoms with Crippen LogP contribution in [0.5, 0.6) is 0 Å². The van der Waals surface area contributed by atoms with E-state index in [1.165, 1.54) is 5.56 Å². The van der Waals surface area contributed by atoms with Gasteiger partial charge in [-0.05, 0) is 48.6 Å². The third kappa shape index (κ3) is 4.51. The molecule has 0 saturated carbocycles. The van der Waals surface area contributed by atoms with Crippen LogP contribution in [0.3, 0.4) is 0 Å². The maximum atomic E-state index is 13.1. The van der Waals surface area contributed by atoms with Crippen LogP contribution in [0.25, 0.3) is 0 Å². The summed E-state index contributed by atoms with van der Waals surface area (Å²) in [5.41, 5.74) is 1.17. The molecule has 0 spiro atoms. The summed E-state index contributed by atoms with van der Waals surface area (Å²) in [6, 6.07) is 10.6. The van der Waals surface area contributed by atoms with E-state index in [1.807, 2.05) is 23.1 Å². The molecule has 2 heterocycles. The number of carbonyl (C=O) groups excluding carboxylic acids is 1. The quantitative estimate of drug-likeness (QED) is 0.648. The zero-order valence-corrected chi connectivity index (χ0v) is 18.7. The van der Waals surface area contributed by atoms with Crippen LogP contribution in [0.4, 0.5) is 13.2 Å². The fraction of sp³-hybridized carbons (Fsp3) is 0.409. The van der Waals surface area contributed by atoms with E-state index in [-0.39, 0.29) is 24.9 Å². The lowest BCUT2D eigenvalue weighted by atomic mass is 9.94. The van der Waals surface area contributed by atoms with Crippen LogP contribution in [0.1, 0.15) is 29.5 Å². The molecule has 0 aliphatic carbocycles. The molecule has 32 heavy (non-hydrogen) atoms. The molecule has 0 bridgehead atoms.